The summed E-state index contributed by atoms with van der Waals surface area (Å²) >= 11 is 0. The van der Waals surface area contributed by atoms with Crippen molar-refractivity contribution in [2.75, 3.05) is 13.1 Å². The van der Waals surface area contributed by atoms with Crippen LogP contribution in [0.5, 0.6) is 0 Å². The van der Waals surface area contributed by atoms with Gasteiger partial charge in [0.15, 0.2) is 0 Å². The highest BCUT2D eigenvalue weighted by Gasteiger charge is 2.31. The van der Waals surface area contributed by atoms with Gasteiger partial charge in [-0.2, -0.15) is 0 Å². The van der Waals surface area contributed by atoms with Crippen molar-refractivity contribution in [2.45, 2.75) is 58.0 Å². The molecular formula is C24H29N3O. The molecule has 2 aromatic carbocycles. The molecule has 1 aliphatic heterocycles. The van der Waals surface area contributed by atoms with Crippen molar-refractivity contribution in [3.63, 3.8) is 0 Å². The summed E-state index contributed by atoms with van der Waals surface area (Å²) < 4.78 is 2.00. The zero-order valence-electron chi connectivity index (χ0n) is 16.9. The number of fused-ring (bicyclic) bond motifs is 2. The van der Waals surface area contributed by atoms with Gasteiger partial charge in [-0.05, 0) is 74.8 Å². The second-order valence-corrected chi connectivity index (χ2v) is 8.64. The molecule has 0 radical (unpaired) electrons. The molecule has 1 fully saturated rings. The molecule has 1 aromatic heterocycles. The fraction of sp³-hybridized carbons (Fsp3) is 0.458. The van der Waals surface area contributed by atoms with E-state index in [0.717, 1.165) is 37.0 Å². The van der Waals surface area contributed by atoms with Gasteiger partial charge in [0.25, 0.3) is 0 Å². The van der Waals surface area contributed by atoms with Crippen LogP contribution in [0.15, 0.2) is 41.2 Å². The molecule has 1 unspecified atom stereocenters. The second-order valence-electron chi connectivity index (χ2n) is 8.64. The van der Waals surface area contributed by atoms with Gasteiger partial charge in [-0.3, -0.25) is 9.47 Å². The first-order valence-electron chi connectivity index (χ1n) is 10.6. The van der Waals surface area contributed by atoms with E-state index in [4.69, 9.17) is 0 Å². The molecule has 0 saturated carbocycles. The molecule has 4 nitrogen and oxygen atoms in total. The van der Waals surface area contributed by atoms with E-state index < -0.39 is 0 Å². The monoisotopic (exact) mass is 375 g/mol. The van der Waals surface area contributed by atoms with E-state index in [9.17, 15) is 4.79 Å². The van der Waals surface area contributed by atoms with Crippen LogP contribution in [0.25, 0.3) is 11.0 Å². The number of hydrogen-bond donors (Lipinski definition) is 1. The molecule has 0 amide bonds. The van der Waals surface area contributed by atoms with E-state index in [1.807, 2.05) is 22.8 Å². The molecular weight excluding hydrogens is 346 g/mol. The SMILES string of the molecule is Cc1cc(C)c2c(c1)C(N1CCC(n3c(=O)[nH]c4ccccc43)CC1)CCC2. The van der Waals surface area contributed by atoms with Gasteiger partial charge in [0.05, 0.1) is 11.0 Å². The standard InChI is InChI=1S/C24H29N3O/c1-16-14-17(2)19-6-5-9-22(20(19)15-16)26-12-10-18(11-13-26)27-23-8-4-3-7-21(23)25-24(27)28/h3-4,7-8,14-15,18,22H,5-6,9-13H2,1-2H3,(H,25,28). The summed E-state index contributed by atoms with van der Waals surface area (Å²) in [4.78, 5) is 18.2. The van der Waals surface area contributed by atoms with Gasteiger partial charge in [0, 0.05) is 25.2 Å². The number of imidazole rings is 1. The Kier molecular flexibility index (Phi) is 4.39. The fourth-order valence-corrected chi connectivity index (χ4v) is 5.57. The zero-order chi connectivity index (χ0) is 19.3. The number of H-pyrrole nitrogens is 1. The number of nitrogens with zero attached hydrogens (tertiary/aromatic N) is 2. The van der Waals surface area contributed by atoms with Crippen LogP contribution in [0.4, 0.5) is 0 Å². The van der Waals surface area contributed by atoms with Crippen LogP contribution in [0, 0.1) is 13.8 Å². The number of hydrogen-bond acceptors (Lipinski definition) is 2. The molecule has 5 rings (SSSR count). The Labute approximate surface area is 166 Å². The van der Waals surface area contributed by atoms with Crippen LogP contribution < -0.4 is 5.69 Å². The van der Waals surface area contributed by atoms with E-state index in [1.165, 1.54) is 30.4 Å². The quantitative estimate of drug-likeness (QED) is 0.708. The van der Waals surface area contributed by atoms with Gasteiger partial charge in [0.1, 0.15) is 0 Å². The molecule has 0 bridgehead atoms. The normalized spacial score (nSPS) is 21.1. The molecule has 0 spiro atoms. The van der Waals surface area contributed by atoms with Crippen molar-refractivity contribution in [2.24, 2.45) is 0 Å². The van der Waals surface area contributed by atoms with Crippen LogP contribution in [0.1, 0.15) is 60.0 Å². The maximum atomic E-state index is 12.6. The topological polar surface area (TPSA) is 41.0 Å². The Morgan fingerprint density at radius 2 is 1.82 bits per heavy atom. The molecule has 4 heteroatoms. The molecule has 3 aromatic rings. The molecule has 1 aliphatic carbocycles. The van der Waals surface area contributed by atoms with Gasteiger partial charge < -0.3 is 4.98 Å². The number of nitrogens with one attached hydrogen (secondary N) is 1. The summed E-state index contributed by atoms with van der Waals surface area (Å²) in [6.45, 7) is 6.61. The molecule has 1 saturated heterocycles. The molecule has 28 heavy (non-hydrogen) atoms. The third kappa shape index (κ3) is 2.91. The maximum absolute atomic E-state index is 12.6. The number of aromatic amines is 1. The lowest BCUT2D eigenvalue weighted by Crippen LogP contribution is -2.40. The predicted octanol–water partition coefficient (Wildman–Crippen LogP) is 4.66. The first-order chi connectivity index (χ1) is 13.6. The van der Waals surface area contributed by atoms with Crippen molar-refractivity contribution < 1.29 is 0 Å². The van der Waals surface area contributed by atoms with Gasteiger partial charge >= 0.3 is 5.69 Å². The minimum absolute atomic E-state index is 0.0360. The number of piperidine rings is 1. The second kappa shape index (κ2) is 6.93. The van der Waals surface area contributed by atoms with Crippen molar-refractivity contribution in [3.05, 3.63) is 69.1 Å². The summed E-state index contributed by atoms with van der Waals surface area (Å²) in [5, 5.41) is 0. The fourth-order valence-electron chi connectivity index (χ4n) is 5.57. The van der Waals surface area contributed by atoms with Crippen LogP contribution in [0.3, 0.4) is 0 Å². The van der Waals surface area contributed by atoms with E-state index >= 15 is 0 Å². The maximum Gasteiger partial charge on any atom is 0.326 e. The van der Waals surface area contributed by atoms with Crippen LogP contribution in [0.2, 0.25) is 0 Å². The summed E-state index contributed by atoms with van der Waals surface area (Å²) in [7, 11) is 0. The smallest absolute Gasteiger partial charge is 0.306 e. The molecule has 146 valence electrons. The average molecular weight is 376 g/mol. The lowest BCUT2D eigenvalue weighted by atomic mass is 9.82. The molecule has 2 aliphatic rings. The minimum atomic E-state index is 0.0360. The Morgan fingerprint density at radius 3 is 2.64 bits per heavy atom. The van der Waals surface area contributed by atoms with Crippen molar-refractivity contribution in [3.8, 4) is 0 Å². The van der Waals surface area contributed by atoms with Crippen LogP contribution >= 0.6 is 0 Å². The number of para-hydroxylation sites is 2. The van der Waals surface area contributed by atoms with E-state index in [1.54, 1.807) is 11.1 Å². The number of aromatic nitrogens is 2. The van der Waals surface area contributed by atoms with Gasteiger partial charge in [-0.25, -0.2) is 4.79 Å². The van der Waals surface area contributed by atoms with Gasteiger partial charge in [0.2, 0.25) is 0 Å². The molecule has 1 N–H and O–H groups in total. The van der Waals surface area contributed by atoms with E-state index in [2.05, 4.69) is 41.9 Å². The summed E-state index contributed by atoms with van der Waals surface area (Å²) in [5.41, 5.74) is 8.00. The third-order valence-corrected chi connectivity index (χ3v) is 6.84. The van der Waals surface area contributed by atoms with Crippen LogP contribution in [-0.2, 0) is 6.42 Å². The Bertz CT molecular complexity index is 1070. The minimum Gasteiger partial charge on any atom is -0.306 e. The average Bonchev–Trinajstić information content (AvgIpc) is 3.03. The van der Waals surface area contributed by atoms with Crippen molar-refractivity contribution in [1.29, 1.82) is 0 Å². The van der Waals surface area contributed by atoms with E-state index in [0.29, 0.717) is 12.1 Å². The van der Waals surface area contributed by atoms with Gasteiger partial charge in [-0.15, -0.1) is 0 Å². The highest BCUT2D eigenvalue weighted by Crippen LogP contribution is 2.39. The number of benzene rings is 2. The van der Waals surface area contributed by atoms with Gasteiger partial charge in [-0.1, -0.05) is 29.8 Å². The lowest BCUT2D eigenvalue weighted by molar-refractivity contribution is 0.123. The lowest BCUT2D eigenvalue weighted by Gasteiger charge is -2.41. The molecule has 2 heterocycles. The third-order valence-electron chi connectivity index (χ3n) is 6.84. The number of aryl methyl sites for hydroxylation is 2. The summed E-state index contributed by atoms with van der Waals surface area (Å²) in [6.07, 6.45) is 5.84. The number of likely N-dealkylation sites (tertiary alicyclic amines) is 1. The molecule has 1 atom stereocenters. The Balaban J connectivity index is 1.39. The largest absolute Gasteiger partial charge is 0.326 e. The summed E-state index contributed by atoms with van der Waals surface area (Å²) in [5.74, 6) is 0. The first kappa shape index (κ1) is 17.7. The zero-order valence-corrected chi connectivity index (χ0v) is 16.9. The van der Waals surface area contributed by atoms with Crippen molar-refractivity contribution >= 4 is 11.0 Å². The Hall–Kier alpha value is -2.33. The van der Waals surface area contributed by atoms with E-state index in [-0.39, 0.29) is 5.69 Å². The van der Waals surface area contributed by atoms with Crippen LogP contribution in [-0.4, -0.2) is 27.5 Å². The number of rotatable bonds is 2. The summed E-state index contributed by atoms with van der Waals surface area (Å²) in [6, 6.07) is 13.6. The predicted molar refractivity (Wildman–Crippen MR) is 114 cm³/mol. The first-order valence-corrected chi connectivity index (χ1v) is 10.6. The highest BCUT2D eigenvalue weighted by atomic mass is 16.1. The Morgan fingerprint density at radius 1 is 1.04 bits per heavy atom. The van der Waals surface area contributed by atoms with Crippen molar-refractivity contribution in [1.82, 2.24) is 14.5 Å². The highest BCUT2D eigenvalue weighted by molar-refractivity contribution is 5.75.